The standard InChI is InChI=1S/C16H17BrN2O2/c1-19(13-5-3-2-4-6-13)10-9-18-16(21)14-8-7-12(17)11-15(14)20/h2-8,11,20H,9-10H2,1H3,(H,18,21). The van der Waals surface area contributed by atoms with Gasteiger partial charge < -0.3 is 15.3 Å². The van der Waals surface area contributed by atoms with Gasteiger partial charge in [0.25, 0.3) is 5.91 Å². The van der Waals surface area contributed by atoms with Crippen molar-refractivity contribution in [2.75, 3.05) is 25.0 Å². The van der Waals surface area contributed by atoms with Gasteiger partial charge in [0.05, 0.1) is 5.56 Å². The Hall–Kier alpha value is -2.01. The summed E-state index contributed by atoms with van der Waals surface area (Å²) < 4.78 is 0.736. The predicted molar refractivity (Wildman–Crippen MR) is 87.9 cm³/mol. The zero-order valence-electron chi connectivity index (χ0n) is 11.7. The fourth-order valence-electron chi connectivity index (χ4n) is 1.94. The molecule has 0 spiro atoms. The largest absolute Gasteiger partial charge is 0.507 e. The summed E-state index contributed by atoms with van der Waals surface area (Å²) in [5.41, 5.74) is 1.37. The lowest BCUT2D eigenvalue weighted by atomic mass is 10.2. The number of carbonyl (C=O) groups is 1. The highest BCUT2D eigenvalue weighted by Crippen LogP contribution is 2.22. The van der Waals surface area contributed by atoms with E-state index in [0.29, 0.717) is 13.1 Å². The van der Waals surface area contributed by atoms with E-state index in [1.54, 1.807) is 12.1 Å². The second-order valence-electron chi connectivity index (χ2n) is 4.67. The van der Waals surface area contributed by atoms with Gasteiger partial charge in [-0.2, -0.15) is 0 Å². The molecule has 110 valence electrons. The summed E-state index contributed by atoms with van der Waals surface area (Å²) in [6.07, 6.45) is 0. The number of nitrogens with one attached hydrogen (secondary N) is 1. The fraction of sp³-hybridized carbons (Fsp3) is 0.188. The minimum atomic E-state index is -0.276. The normalized spacial score (nSPS) is 10.2. The summed E-state index contributed by atoms with van der Waals surface area (Å²) in [6.45, 7) is 1.19. The van der Waals surface area contributed by atoms with Crippen molar-refractivity contribution < 1.29 is 9.90 Å². The maximum absolute atomic E-state index is 12.0. The molecule has 0 aromatic heterocycles. The number of halogens is 1. The number of rotatable bonds is 5. The van der Waals surface area contributed by atoms with Crippen molar-refractivity contribution in [2.24, 2.45) is 0 Å². The number of phenols is 1. The number of nitrogens with zero attached hydrogens (tertiary/aromatic N) is 1. The summed E-state index contributed by atoms with van der Waals surface area (Å²) in [7, 11) is 1.97. The molecule has 1 amide bonds. The number of carbonyl (C=O) groups excluding carboxylic acids is 1. The number of benzene rings is 2. The Morgan fingerprint density at radius 2 is 1.95 bits per heavy atom. The van der Waals surface area contributed by atoms with Crippen LogP contribution >= 0.6 is 15.9 Å². The lowest BCUT2D eigenvalue weighted by molar-refractivity contribution is 0.0952. The second-order valence-corrected chi connectivity index (χ2v) is 5.59. The Kier molecular flexibility index (Phi) is 5.22. The van der Waals surface area contributed by atoms with Crippen LogP contribution in [0.1, 0.15) is 10.4 Å². The van der Waals surface area contributed by atoms with E-state index in [1.165, 1.54) is 6.07 Å². The van der Waals surface area contributed by atoms with Gasteiger partial charge in [0.15, 0.2) is 0 Å². The molecule has 0 heterocycles. The van der Waals surface area contributed by atoms with Crippen LogP contribution in [0.15, 0.2) is 53.0 Å². The van der Waals surface area contributed by atoms with Crippen molar-refractivity contribution in [3.63, 3.8) is 0 Å². The number of likely N-dealkylation sites (N-methyl/N-ethyl adjacent to an activating group) is 1. The van der Waals surface area contributed by atoms with E-state index < -0.39 is 0 Å². The number of phenolic OH excluding ortho intramolecular Hbond substituents is 1. The molecule has 4 nitrogen and oxygen atoms in total. The summed E-state index contributed by atoms with van der Waals surface area (Å²) in [5.74, 6) is -0.306. The summed E-state index contributed by atoms with van der Waals surface area (Å²) in [6, 6.07) is 14.8. The Labute approximate surface area is 132 Å². The summed E-state index contributed by atoms with van der Waals surface area (Å²) in [5, 5.41) is 12.6. The lowest BCUT2D eigenvalue weighted by Crippen LogP contribution is -2.33. The second kappa shape index (κ2) is 7.13. The molecule has 0 atom stereocenters. The monoisotopic (exact) mass is 348 g/mol. The Morgan fingerprint density at radius 1 is 1.24 bits per heavy atom. The fourth-order valence-corrected chi connectivity index (χ4v) is 2.29. The van der Waals surface area contributed by atoms with Gasteiger partial charge in [-0.25, -0.2) is 0 Å². The third-order valence-electron chi connectivity index (χ3n) is 3.13. The maximum atomic E-state index is 12.0. The van der Waals surface area contributed by atoms with Gasteiger partial charge in [-0.3, -0.25) is 4.79 Å². The molecule has 0 radical (unpaired) electrons. The molecule has 0 unspecified atom stereocenters. The zero-order chi connectivity index (χ0) is 15.2. The maximum Gasteiger partial charge on any atom is 0.255 e. The molecule has 0 aliphatic heterocycles. The molecule has 0 aliphatic rings. The highest BCUT2D eigenvalue weighted by atomic mass is 79.9. The van der Waals surface area contributed by atoms with Crippen molar-refractivity contribution in [1.82, 2.24) is 5.32 Å². The molecule has 2 aromatic carbocycles. The Bertz CT molecular complexity index is 617. The first-order valence-corrected chi connectivity index (χ1v) is 7.40. The first-order valence-electron chi connectivity index (χ1n) is 6.61. The van der Waals surface area contributed by atoms with E-state index in [9.17, 15) is 9.90 Å². The molecular weight excluding hydrogens is 332 g/mol. The number of para-hydroxylation sites is 1. The first kappa shape index (κ1) is 15.4. The van der Waals surface area contributed by atoms with Crippen LogP contribution in [-0.2, 0) is 0 Å². The van der Waals surface area contributed by atoms with Crippen LogP contribution in [0.3, 0.4) is 0 Å². The van der Waals surface area contributed by atoms with Crippen LogP contribution in [0, 0.1) is 0 Å². The van der Waals surface area contributed by atoms with E-state index in [2.05, 4.69) is 26.1 Å². The van der Waals surface area contributed by atoms with Gasteiger partial charge in [-0.15, -0.1) is 0 Å². The lowest BCUT2D eigenvalue weighted by Gasteiger charge is -2.19. The van der Waals surface area contributed by atoms with Gasteiger partial charge in [0.1, 0.15) is 5.75 Å². The molecule has 2 aromatic rings. The van der Waals surface area contributed by atoms with Crippen LogP contribution in [0.2, 0.25) is 0 Å². The Balaban J connectivity index is 1.87. The number of hydrogen-bond donors (Lipinski definition) is 2. The first-order chi connectivity index (χ1) is 10.1. The number of hydrogen-bond acceptors (Lipinski definition) is 3. The van der Waals surface area contributed by atoms with E-state index >= 15 is 0 Å². The minimum Gasteiger partial charge on any atom is -0.507 e. The molecule has 21 heavy (non-hydrogen) atoms. The molecule has 0 saturated heterocycles. The van der Waals surface area contributed by atoms with Crippen molar-refractivity contribution in [1.29, 1.82) is 0 Å². The molecule has 0 fully saturated rings. The van der Waals surface area contributed by atoms with E-state index in [1.807, 2.05) is 37.4 Å². The average molecular weight is 349 g/mol. The summed E-state index contributed by atoms with van der Waals surface area (Å²) in [4.78, 5) is 14.0. The van der Waals surface area contributed by atoms with E-state index in [-0.39, 0.29) is 17.2 Å². The van der Waals surface area contributed by atoms with Gasteiger partial charge in [-0.05, 0) is 30.3 Å². The van der Waals surface area contributed by atoms with E-state index in [0.717, 1.165) is 10.2 Å². The van der Waals surface area contributed by atoms with Gasteiger partial charge in [0, 0.05) is 30.3 Å². The third-order valence-corrected chi connectivity index (χ3v) is 3.63. The van der Waals surface area contributed by atoms with Gasteiger partial charge >= 0.3 is 0 Å². The van der Waals surface area contributed by atoms with E-state index in [4.69, 9.17) is 0 Å². The van der Waals surface area contributed by atoms with Crippen LogP contribution in [0.4, 0.5) is 5.69 Å². The van der Waals surface area contributed by atoms with Gasteiger partial charge in [0.2, 0.25) is 0 Å². The Morgan fingerprint density at radius 3 is 2.62 bits per heavy atom. The SMILES string of the molecule is CN(CCNC(=O)c1ccc(Br)cc1O)c1ccccc1. The highest BCUT2D eigenvalue weighted by molar-refractivity contribution is 9.10. The van der Waals surface area contributed by atoms with Crippen LogP contribution in [0.25, 0.3) is 0 Å². The number of anilines is 1. The van der Waals surface area contributed by atoms with Crippen molar-refractivity contribution in [2.45, 2.75) is 0 Å². The zero-order valence-corrected chi connectivity index (χ0v) is 13.3. The molecule has 2 N–H and O–H groups in total. The van der Waals surface area contributed by atoms with Crippen molar-refractivity contribution in [3.05, 3.63) is 58.6 Å². The summed E-state index contributed by atoms with van der Waals surface area (Å²) >= 11 is 3.24. The van der Waals surface area contributed by atoms with Gasteiger partial charge in [-0.1, -0.05) is 34.1 Å². The molecule has 0 aliphatic carbocycles. The molecule has 0 saturated carbocycles. The van der Waals surface area contributed by atoms with Crippen molar-refractivity contribution in [3.8, 4) is 5.75 Å². The molecule has 0 bridgehead atoms. The molecule has 2 rings (SSSR count). The topological polar surface area (TPSA) is 52.6 Å². The number of amides is 1. The molecule has 5 heteroatoms. The average Bonchev–Trinajstić information content (AvgIpc) is 2.47. The highest BCUT2D eigenvalue weighted by Gasteiger charge is 2.11. The molecular formula is C16H17BrN2O2. The minimum absolute atomic E-state index is 0.0294. The van der Waals surface area contributed by atoms with Crippen LogP contribution in [0.5, 0.6) is 5.75 Å². The smallest absolute Gasteiger partial charge is 0.255 e. The van der Waals surface area contributed by atoms with Crippen molar-refractivity contribution >= 4 is 27.5 Å². The quantitative estimate of drug-likeness (QED) is 0.873. The number of aromatic hydroxyl groups is 1. The van der Waals surface area contributed by atoms with Crippen LogP contribution < -0.4 is 10.2 Å². The third kappa shape index (κ3) is 4.23. The predicted octanol–water partition coefficient (Wildman–Crippen LogP) is 3.02. The van der Waals surface area contributed by atoms with Crippen LogP contribution in [-0.4, -0.2) is 31.2 Å².